The van der Waals surface area contributed by atoms with Crippen molar-refractivity contribution in [3.63, 3.8) is 0 Å². The van der Waals surface area contributed by atoms with E-state index in [0.717, 1.165) is 22.6 Å². The molecule has 0 saturated heterocycles. The largest absolute Gasteiger partial charge is 0.497 e. The highest BCUT2D eigenvalue weighted by molar-refractivity contribution is 7.98. The fraction of sp³-hybridized carbons (Fsp3) is 0.217. The molecule has 0 atom stereocenters. The highest BCUT2D eigenvalue weighted by Gasteiger charge is 2.19. The topological polar surface area (TPSA) is 90.5 Å². The second kappa shape index (κ2) is 9.82. The van der Waals surface area contributed by atoms with E-state index >= 15 is 0 Å². The van der Waals surface area contributed by atoms with Crippen molar-refractivity contribution < 1.29 is 17.6 Å². The highest BCUT2D eigenvalue weighted by atomic mass is 32.2. The molecule has 0 aliphatic heterocycles. The molecule has 8 nitrogen and oxygen atoms in total. The van der Waals surface area contributed by atoms with Gasteiger partial charge in [-0.05, 0) is 42.0 Å². The number of aromatic nitrogens is 3. The summed E-state index contributed by atoms with van der Waals surface area (Å²) in [6.07, 6.45) is 1.63. The lowest BCUT2D eigenvalue weighted by Gasteiger charge is -2.12. The molecule has 0 bridgehead atoms. The smallest absolute Gasteiger partial charge is 0.242 e. The van der Waals surface area contributed by atoms with Gasteiger partial charge in [0, 0.05) is 25.4 Å². The standard InChI is InChI=1S/C23H24N4O4S2/c1-26(2)33(28,29)21-11-4-7-17(13-21)16-32-23-25-24-22(18-8-5-9-19(14-18)30-3)27(23)15-20-10-6-12-31-20/h4-14H,15-16H2,1-3H3. The molecule has 10 heteroatoms. The first-order valence-corrected chi connectivity index (χ1v) is 12.6. The van der Waals surface area contributed by atoms with Crippen molar-refractivity contribution in [3.8, 4) is 17.1 Å². The van der Waals surface area contributed by atoms with E-state index in [0.29, 0.717) is 23.3 Å². The second-order valence-electron chi connectivity index (χ2n) is 7.43. The van der Waals surface area contributed by atoms with Gasteiger partial charge in [0.05, 0.1) is 24.8 Å². The van der Waals surface area contributed by atoms with Crippen LogP contribution in [0.4, 0.5) is 0 Å². The fourth-order valence-electron chi connectivity index (χ4n) is 3.23. The minimum absolute atomic E-state index is 0.264. The third-order valence-electron chi connectivity index (χ3n) is 4.98. The summed E-state index contributed by atoms with van der Waals surface area (Å²) in [5.41, 5.74) is 1.75. The maximum Gasteiger partial charge on any atom is 0.242 e. The molecule has 2 aromatic heterocycles. The molecule has 0 N–H and O–H groups in total. The van der Waals surface area contributed by atoms with Gasteiger partial charge in [-0.3, -0.25) is 4.57 Å². The first-order valence-electron chi connectivity index (χ1n) is 10.1. The molecular weight excluding hydrogens is 460 g/mol. The maximum atomic E-state index is 12.5. The first-order chi connectivity index (χ1) is 15.9. The van der Waals surface area contributed by atoms with Crippen LogP contribution in [-0.4, -0.2) is 48.7 Å². The Hall–Kier alpha value is -3.08. The Labute approximate surface area is 197 Å². The third kappa shape index (κ3) is 5.13. The van der Waals surface area contributed by atoms with Gasteiger partial charge in [0.25, 0.3) is 0 Å². The van der Waals surface area contributed by atoms with Crippen molar-refractivity contribution in [1.82, 2.24) is 19.1 Å². The van der Waals surface area contributed by atoms with Gasteiger partial charge >= 0.3 is 0 Å². The summed E-state index contributed by atoms with van der Waals surface area (Å²) in [6, 6.07) is 18.3. The molecule has 0 fully saturated rings. The van der Waals surface area contributed by atoms with E-state index in [2.05, 4.69) is 10.2 Å². The van der Waals surface area contributed by atoms with E-state index < -0.39 is 10.0 Å². The van der Waals surface area contributed by atoms with Gasteiger partial charge in [-0.25, -0.2) is 12.7 Å². The van der Waals surface area contributed by atoms with Crippen LogP contribution in [0.15, 0.2) is 81.4 Å². The van der Waals surface area contributed by atoms with Crippen LogP contribution in [0, 0.1) is 0 Å². The van der Waals surface area contributed by atoms with E-state index in [4.69, 9.17) is 9.15 Å². The molecule has 0 spiro atoms. The van der Waals surface area contributed by atoms with Gasteiger partial charge in [-0.2, -0.15) is 0 Å². The van der Waals surface area contributed by atoms with Crippen LogP contribution in [-0.2, 0) is 22.3 Å². The monoisotopic (exact) mass is 484 g/mol. The zero-order valence-electron chi connectivity index (χ0n) is 18.5. The number of ether oxygens (including phenoxy) is 1. The molecule has 4 aromatic rings. The summed E-state index contributed by atoms with van der Waals surface area (Å²) < 4.78 is 39.1. The lowest BCUT2D eigenvalue weighted by molar-refractivity contribution is 0.415. The fourth-order valence-corrected chi connectivity index (χ4v) is 5.08. The highest BCUT2D eigenvalue weighted by Crippen LogP contribution is 2.29. The normalized spacial score (nSPS) is 11.8. The van der Waals surface area contributed by atoms with Gasteiger partial charge in [0.15, 0.2) is 11.0 Å². The van der Waals surface area contributed by atoms with Crippen LogP contribution >= 0.6 is 11.8 Å². The average Bonchev–Trinajstić information content (AvgIpc) is 3.48. The number of rotatable bonds is 9. The second-order valence-corrected chi connectivity index (χ2v) is 10.5. The van der Waals surface area contributed by atoms with Crippen LogP contribution in [0.3, 0.4) is 0 Å². The minimum Gasteiger partial charge on any atom is -0.497 e. The summed E-state index contributed by atoms with van der Waals surface area (Å²) in [6.45, 7) is 0.462. The number of hydrogen-bond donors (Lipinski definition) is 0. The quantitative estimate of drug-likeness (QED) is 0.330. The first kappa shape index (κ1) is 23.1. The van der Waals surface area contributed by atoms with Crippen molar-refractivity contribution in [2.45, 2.75) is 22.3 Å². The third-order valence-corrected chi connectivity index (χ3v) is 7.83. The van der Waals surface area contributed by atoms with Crippen LogP contribution in [0.2, 0.25) is 0 Å². The summed E-state index contributed by atoms with van der Waals surface area (Å²) >= 11 is 1.48. The lowest BCUT2D eigenvalue weighted by atomic mass is 10.2. The number of thioether (sulfide) groups is 1. The predicted molar refractivity (Wildman–Crippen MR) is 127 cm³/mol. The zero-order chi connectivity index (χ0) is 23.4. The molecule has 4 rings (SSSR count). The Morgan fingerprint density at radius 1 is 1.06 bits per heavy atom. The minimum atomic E-state index is -3.50. The zero-order valence-corrected chi connectivity index (χ0v) is 20.1. The van der Waals surface area contributed by atoms with Crippen LogP contribution in [0.25, 0.3) is 11.4 Å². The summed E-state index contributed by atoms with van der Waals surface area (Å²) in [7, 11) is 1.17. The van der Waals surface area contributed by atoms with Gasteiger partial charge in [0.1, 0.15) is 11.5 Å². The number of sulfonamides is 1. The Bertz CT molecular complexity index is 1330. The molecule has 0 amide bonds. The number of nitrogens with zero attached hydrogens (tertiary/aromatic N) is 4. The van der Waals surface area contributed by atoms with Gasteiger partial charge in [-0.1, -0.05) is 36.0 Å². The van der Waals surface area contributed by atoms with Crippen LogP contribution < -0.4 is 4.74 Å². The SMILES string of the molecule is COc1cccc(-c2nnc(SCc3cccc(S(=O)(=O)N(C)C)c3)n2Cc2ccco2)c1. The Morgan fingerprint density at radius 2 is 1.88 bits per heavy atom. The van der Waals surface area contributed by atoms with Gasteiger partial charge in [0.2, 0.25) is 10.0 Å². The molecule has 2 heterocycles. The summed E-state index contributed by atoms with van der Waals surface area (Å²) in [5.74, 6) is 2.73. The Kier molecular flexibility index (Phi) is 6.87. The molecule has 172 valence electrons. The average molecular weight is 485 g/mol. The predicted octanol–water partition coefficient (Wildman–Crippen LogP) is 4.14. The van der Waals surface area contributed by atoms with Crippen molar-refractivity contribution in [2.75, 3.05) is 21.2 Å². The molecule has 2 aromatic carbocycles. The van der Waals surface area contributed by atoms with Crippen LogP contribution in [0.5, 0.6) is 5.75 Å². The molecule has 0 aliphatic rings. The molecule has 0 unspecified atom stereocenters. The molecule has 33 heavy (non-hydrogen) atoms. The summed E-state index contributed by atoms with van der Waals surface area (Å²) in [4.78, 5) is 0.264. The lowest BCUT2D eigenvalue weighted by Crippen LogP contribution is -2.22. The van der Waals surface area contributed by atoms with Crippen molar-refractivity contribution >= 4 is 21.8 Å². The van der Waals surface area contributed by atoms with E-state index in [1.165, 1.54) is 30.2 Å². The van der Waals surface area contributed by atoms with Crippen molar-refractivity contribution in [2.24, 2.45) is 0 Å². The van der Waals surface area contributed by atoms with E-state index in [9.17, 15) is 8.42 Å². The van der Waals surface area contributed by atoms with E-state index in [1.807, 2.05) is 47.0 Å². The number of furan rings is 1. The summed E-state index contributed by atoms with van der Waals surface area (Å²) in [5, 5.41) is 9.54. The molecule has 0 saturated carbocycles. The maximum absolute atomic E-state index is 12.5. The van der Waals surface area contributed by atoms with Crippen molar-refractivity contribution in [3.05, 3.63) is 78.3 Å². The molecular formula is C23H24N4O4S2. The van der Waals surface area contributed by atoms with Crippen LogP contribution in [0.1, 0.15) is 11.3 Å². The van der Waals surface area contributed by atoms with Gasteiger partial charge < -0.3 is 9.15 Å². The van der Waals surface area contributed by atoms with E-state index in [1.54, 1.807) is 31.6 Å². The Morgan fingerprint density at radius 3 is 2.61 bits per heavy atom. The van der Waals surface area contributed by atoms with Gasteiger partial charge in [-0.15, -0.1) is 10.2 Å². The molecule has 0 aliphatic carbocycles. The number of methoxy groups -OCH3 is 1. The Balaban J connectivity index is 1.64. The van der Waals surface area contributed by atoms with E-state index in [-0.39, 0.29) is 4.90 Å². The number of hydrogen-bond acceptors (Lipinski definition) is 7. The van der Waals surface area contributed by atoms with Crippen molar-refractivity contribution in [1.29, 1.82) is 0 Å². The number of benzene rings is 2. The molecule has 0 radical (unpaired) electrons.